The van der Waals surface area contributed by atoms with Gasteiger partial charge in [0.2, 0.25) is 0 Å². The highest BCUT2D eigenvalue weighted by atomic mass is 19.1. The van der Waals surface area contributed by atoms with Crippen molar-refractivity contribution in [3.63, 3.8) is 0 Å². The monoisotopic (exact) mass is 297 g/mol. The van der Waals surface area contributed by atoms with E-state index in [4.69, 9.17) is 9.47 Å². The van der Waals surface area contributed by atoms with Gasteiger partial charge in [0, 0.05) is 11.6 Å². The smallest absolute Gasteiger partial charge is 0.314 e. The Morgan fingerprint density at radius 1 is 1.43 bits per heavy atom. The molecule has 5 heteroatoms. The fourth-order valence-corrected chi connectivity index (χ4v) is 2.00. The van der Waals surface area contributed by atoms with Crippen molar-refractivity contribution in [3.05, 3.63) is 29.6 Å². The minimum absolute atomic E-state index is 0.0399. The number of ether oxygens (including phenoxy) is 2. The first-order valence-corrected chi connectivity index (χ1v) is 7.06. The Kier molecular flexibility index (Phi) is 6.15. The Morgan fingerprint density at radius 3 is 2.67 bits per heavy atom. The van der Waals surface area contributed by atoms with Gasteiger partial charge < -0.3 is 14.8 Å². The van der Waals surface area contributed by atoms with E-state index in [1.165, 1.54) is 19.2 Å². The van der Waals surface area contributed by atoms with E-state index in [9.17, 15) is 9.18 Å². The zero-order valence-corrected chi connectivity index (χ0v) is 13.3. The molecule has 0 radical (unpaired) electrons. The van der Waals surface area contributed by atoms with Gasteiger partial charge in [0.1, 0.15) is 18.2 Å². The highest BCUT2D eigenvalue weighted by molar-refractivity contribution is 5.75. The van der Waals surface area contributed by atoms with Crippen LogP contribution >= 0.6 is 0 Å². The van der Waals surface area contributed by atoms with E-state index in [2.05, 4.69) is 5.32 Å². The van der Waals surface area contributed by atoms with Crippen molar-refractivity contribution < 1.29 is 18.7 Å². The Morgan fingerprint density at radius 2 is 2.10 bits per heavy atom. The van der Waals surface area contributed by atoms with Crippen molar-refractivity contribution in [2.45, 2.75) is 33.7 Å². The molecule has 0 aliphatic rings. The number of esters is 1. The molecule has 1 N–H and O–H groups in total. The third-order valence-corrected chi connectivity index (χ3v) is 3.28. The molecule has 21 heavy (non-hydrogen) atoms. The van der Waals surface area contributed by atoms with Crippen LogP contribution in [0.3, 0.4) is 0 Å². The van der Waals surface area contributed by atoms with Crippen LogP contribution in [-0.4, -0.2) is 26.2 Å². The summed E-state index contributed by atoms with van der Waals surface area (Å²) in [6.45, 7) is 8.35. The van der Waals surface area contributed by atoms with Gasteiger partial charge in [-0.2, -0.15) is 0 Å². The average Bonchev–Trinajstić information content (AvgIpc) is 2.45. The molecule has 0 aliphatic carbocycles. The van der Waals surface area contributed by atoms with E-state index in [0.717, 1.165) is 12.1 Å². The summed E-state index contributed by atoms with van der Waals surface area (Å²) in [6.07, 6.45) is 0. The Balaban J connectivity index is 2.90. The van der Waals surface area contributed by atoms with E-state index < -0.39 is 5.41 Å². The standard InChI is InChI=1S/C16H24FNO3/c1-6-18-11(2)13-9-12(17)7-8-14(13)21-10-16(3,4)15(19)20-5/h7-9,11,18H,6,10H2,1-5H3. The molecule has 0 heterocycles. The molecular weight excluding hydrogens is 273 g/mol. The van der Waals surface area contributed by atoms with Crippen LogP contribution in [0.5, 0.6) is 5.75 Å². The lowest BCUT2D eigenvalue weighted by atomic mass is 9.95. The molecule has 0 fully saturated rings. The normalized spacial score (nSPS) is 12.9. The lowest BCUT2D eigenvalue weighted by molar-refractivity contribution is -0.152. The summed E-state index contributed by atoms with van der Waals surface area (Å²) < 4.78 is 23.9. The molecule has 0 saturated carbocycles. The van der Waals surface area contributed by atoms with Gasteiger partial charge in [0.25, 0.3) is 0 Å². The van der Waals surface area contributed by atoms with E-state index in [-0.39, 0.29) is 24.4 Å². The highest BCUT2D eigenvalue weighted by Gasteiger charge is 2.30. The van der Waals surface area contributed by atoms with Gasteiger partial charge in [-0.05, 0) is 45.5 Å². The van der Waals surface area contributed by atoms with Gasteiger partial charge in [0.05, 0.1) is 12.5 Å². The second-order valence-electron chi connectivity index (χ2n) is 5.63. The number of nitrogens with one attached hydrogen (secondary N) is 1. The summed E-state index contributed by atoms with van der Waals surface area (Å²) in [5.41, 5.74) is -0.0283. The third kappa shape index (κ3) is 4.70. The summed E-state index contributed by atoms with van der Waals surface area (Å²) in [5.74, 6) is -0.0814. The molecule has 4 nitrogen and oxygen atoms in total. The maximum absolute atomic E-state index is 13.4. The van der Waals surface area contributed by atoms with Crippen LogP contribution in [0.4, 0.5) is 4.39 Å². The maximum atomic E-state index is 13.4. The fourth-order valence-electron chi connectivity index (χ4n) is 2.00. The predicted octanol–water partition coefficient (Wildman–Crippen LogP) is 3.07. The SMILES string of the molecule is CCNC(C)c1cc(F)ccc1OCC(C)(C)C(=O)OC. The molecule has 0 saturated heterocycles. The predicted molar refractivity (Wildman–Crippen MR) is 79.8 cm³/mol. The molecule has 1 rings (SSSR count). The molecule has 0 bridgehead atoms. The Bertz CT molecular complexity index is 488. The first-order valence-electron chi connectivity index (χ1n) is 7.06. The van der Waals surface area contributed by atoms with Crippen molar-refractivity contribution in [3.8, 4) is 5.75 Å². The highest BCUT2D eigenvalue weighted by Crippen LogP contribution is 2.28. The van der Waals surface area contributed by atoms with Gasteiger partial charge in [-0.15, -0.1) is 0 Å². The average molecular weight is 297 g/mol. The minimum Gasteiger partial charge on any atom is -0.492 e. The second-order valence-corrected chi connectivity index (χ2v) is 5.63. The summed E-state index contributed by atoms with van der Waals surface area (Å²) in [5, 5.41) is 3.22. The second kappa shape index (κ2) is 7.41. The number of rotatable bonds is 7. The molecule has 1 aromatic rings. The van der Waals surface area contributed by atoms with Crippen LogP contribution in [0.2, 0.25) is 0 Å². The lowest BCUT2D eigenvalue weighted by Gasteiger charge is -2.24. The zero-order chi connectivity index (χ0) is 16.0. The molecule has 1 atom stereocenters. The van der Waals surface area contributed by atoms with Crippen LogP contribution in [0, 0.1) is 11.2 Å². The van der Waals surface area contributed by atoms with Crippen molar-refractivity contribution in [2.75, 3.05) is 20.3 Å². The third-order valence-electron chi connectivity index (χ3n) is 3.28. The number of benzene rings is 1. The first-order chi connectivity index (χ1) is 9.81. The number of halogens is 1. The maximum Gasteiger partial charge on any atom is 0.314 e. The van der Waals surface area contributed by atoms with Crippen LogP contribution in [0.1, 0.15) is 39.3 Å². The molecule has 0 aromatic heterocycles. The zero-order valence-electron chi connectivity index (χ0n) is 13.3. The fraction of sp³-hybridized carbons (Fsp3) is 0.562. The molecule has 1 aromatic carbocycles. The van der Waals surface area contributed by atoms with E-state index >= 15 is 0 Å². The van der Waals surface area contributed by atoms with Crippen molar-refractivity contribution in [1.82, 2.24) is 5.32 Å². The van der Waals surface area contributed by atoms with Crippen molar-refractivity contribution in [2.24, 2.45) is 5.41 Å². The first kappa shape index (κ1) is 17.4. The number of hydrogen-bond acceptors (Lipinski definition) is 4. The van der Waals surface area contributed by atoms with Gasteiger partial charge in [-0.25, -0.2) is 4.39 Å². The lowest BCUT2D eigenvalue weighted by Crippen LogP contribution is -2.32. The number of hydrogen-bond donors (Lipinski definition) is 1. The van der Waals surface area contributed by atoms with E-state index in [1.807, 2.05) is 13.8 Å². The van der Waals surface area contributed by atoms with Crippen LogP contribution in [0.25, 0.3) is 0 Å². The summed E-state index contributed by atoms with van der Waals surface area (Å²) >= 11 is 0. The van der Waals surface area contributed by atoms with Crippen LogP contribution in [-0.2, 0) is 9.53 Å². The summed E-state index contributed by atoms with van der Waals surface area (Å²) in [6, 6.07) is 4.35. The molecular formula is C16H24FNO3. The Hall–Kier alpha value is -1.62. The molecule has 1 unspecified atom stereocenters. The topological polar surface area (TPSA) is 47.6 Å². The van der Waals surface area contributed by atoms with Gasteiger partial charge >= 0.3 is 5.97 Å². The molecule has 118 valence electrons. The van der Waals surface area contributed by atoms with Gasteiger partial charge in [0.15, 0.2) is 0 Å². The van der Waals surface area contributed by atoms with Crippen LogP contribution < -0.4 is 10.1 Å². The summed E-state index contributed by atoms with van der Waals surface area (Å²) in [4.78, 5) is 11.7. The number of carbonyl (C=O) groups excluding carboxylic acids is 1. The summed E-state index contributed by atoms with van der Waals surface area (Å²) in [7, 11) is 1.35. The van der Waals surface area contributed by atoms with Crippen molar-refractivity contribution in [1.29, 1.82) is 0 Å². The number of methoxy groups -OCH3 is 1. The van der Waals surface area contributed by atoms with Gasteiger partial charge in [-0.1, -0.05) is 6.92 Å². The van der Waals surface area contributed by atoms with Crippen molar-refractivity contribution >= 4 is 5.97 Å². The minimum atomic E-state index is -0.762. The van der Waals surface area contributed by atoms with Crippen LogP contribution in [0.15, 0.2) is 18.2 Å². The largest absolute Gasteiger partial charge is 0.492 e. The Labute approximate surface area is 125 Å². The van der Waals surface area contributed by atoms with E-state index in [0.29, 0.717) is 5.75 Å². The van der Waals surface area contributed by atoms with Gasteiger partial charge in [-0.3, -0.25) is 4.79 Å². The van der Waals surface area contributed by atoms with E-state index in [1.54, 1.807) is 19.9 Å². The molecule has 0 amide bonds. The molecule has 0 aliphatic heterocycles. The number of carbonyl (C=O) groups is 1. The quantitative estimate of drug-likeness (QED) is 0.786. The molecule has 0 spiro atoms.